The first kappa shape index (κ1) is 21.8. The third-order valence-corrected chi connectivity index (χ3v) is 9.10. The zero-order valence-corrected chi connectivity index (χ0v) is 21.4. The van der Waals surface area contributed by atoms with Crippen LogP contribution < -0.4 is 0 Å². The minimum Gasteiger partial charge on any atom is -0.144 e. The minimum atomic E-state index is 1.19. The van der Waals surface area contributed by atoms with Crippen LogP contribution >= 0.6 is 22.7 Å². The molecule has 34 heavy (non-hydrogen) atoms. The maximum absolute atomic E-state index is 2.42. The molecule has 0 spiro atoms. The van der Waals surface area contributed by atoms with Crippen LogP contribution in [0.5, 0.6) is 0 Å². The van der Waals surface area contributed by atoms with Gasteiger partial charge in [0.1, 0.15) is 0 Å². The zero-order chi connectivity index (χ0) is 22.9. The summed E-state index contributed by atoms with van der Waals surface area (Å²) in [5.74, 6) is 0. The van der Waals surface area contributed by atoms with Gasteiger partial charge in [-0.1, -0.05) is 75.4 Å². The minimum absolute atomic E-state index is 1.19. The fourth-order valence-corrected chi connectivity index (χ4v) is 7.08. The average molecular weight is 479 g/mol. The van der Waals surface area contributed by atoms with Gasteiger partial charge in [-0.25, -0.2) is 0 Å². The Hall–Kier alpha value is -2.68. The first-order chi connectivity index (χ1) is 16.8. The summed E-state index contributed by atoms with van der Waals surface area (Å²) >= 11 is 3.76. The van der Waals surface area contributed by atoms with Gasteiger partial charge in [-0.2, -0.15) is 0 Å². The highest BCUT2D eigenvalue weighted by Gasteiger charge is 2.10. The number of hydrogen-bond donors (Lipinski definition) is 0. The summed E-state index contributed by atoms with van der Waals surface area (Å²) in [4.78, 5) is 1.38. The highest BCUT2D eigenvalue weighted by atomic mass is 32.1. The molecule has 0 aliphatic rings. The van der Waals surface area contributed by atoms with Crippen LogP contribution in [0.2, 0.25) is 0 Å². The molecule has 0 unspecified atom stereocenters. The van der Waals surface area contributed by atoms with E-state index < -0.39 is 0 Å². The number of benzene rings is 4. The van der Waals surface area contributed by atoms with E-state index in [2.05, 4.69) is 85.1 Å². The second kappa shape index (κ2) is 9.52. The second-order valence-corrected chi connectivity index (χ2v) is 11.6. The van der Waals surface area contributed by atoms with Crippen molar-refractivity contribution in [3.05, 3.63) is 83.7 Å². The third kappa shape index (κ3) is 4.26. The lowest BCUT2D eigenvalue weighted by molar-refractivity contribution is 0.607. The molecule has 170 valence electrons. The third-order valence-electron chi connectivity index (χ3n) is 7.08. The first-order valence-electron chi connectivity index (χ1n) is 12.6. The lowest BCUT2D eigenvalue weighted by atomic mass is 9.99. The highest BCUT2D eigenvalue weighted by molar-refractivity contribution is 7.22. The van der Waals surface area contributed by atoms with Crippen molar-refractivity contribution in [2.24, 2.45) is 0 Å². The van der Waals surface area contributed by atoms with E-state index in [1.807, 2.05) is 22.7 Å². The molecule has 4 aromatic carbocycles. The number of aryl methyl sites for hydroxylation is 1. The summed E-state index contributed by atoms with van der Waals surface area (Å²) < 4.78 is 2.75. The fraction of sp³-hybridized carbons (Fsp3) is 0.250. The van der Waals surface area contributed by atoms with Crippen LogP contribution in [-0.2, 0) is 6.42 Å². The average Bonchev–Trinajstić information content (AvgIpc) is 3.50. The Kier molecular flexibility index (Phi) is 6.11. The van der Waals surface area contributed by atoms with Crippen molar-refractivity contribution in [1.29, 1.82) is 0 Å². The Balaban J connectivity index is 1.31. The molecule has 6 aromatic rings. The molecular formula is C32H30S2. The van der Waals surface area contributed by atoms with Crippen molar-refractivity contribution in [3.63, 3.8) is 0 Å². The van der Waals surface area contributed by atoms with E-state index in [1.54, 1.807) is 0 Å². The van der Waals surface area contributed by atoms with E-state index in [4.69, 9.17) is 0 Å². The normalized spacial score (nSPS) is 11.9. The molecule has 0 aliphatic carbocycles. The van der Waals surface area contributed by atoms with Crippen LogP contribution in [0.25, 0.3) is 52.2 Å². The van der Waals surface area contributed by atoms with Crippen LogP contribution in [-0.4, -0.2) is 0 Å². The smallest absolute Gasteiger partial charge is 0.0355 e. The topological polar surface area (TPSA) is 0 Å². The summed E-state index contributed by atoms with van der Waals surface area (Å²) in [5, 5.41) is 10.3. The molecule has 2 aromatic heterocycles. The summed E-state index contributed by atoms with van der Waals surface area (Å²) in [6.45, 7) is 2.28. The van der Waals surface area contributed by atoms with Gasteiger partial charge in [0.25, 0.3) is 0 Å². The zero-order valence-electron chi connectivity index (χ0n) is 19.8. The SMILES string of the molecule is CCCCCCCCc1cccc(-c2cc3cc4ccc5cc6ccsc6cc5c4cc3s2)c1. The maximum atomic E-state index is 2.42. The van der Waals surface area contributed by atoms with Gasteiger partial charge in [0.15, 0.2) is 0 Å². The summed E-state index contributed by atoms with van der Waals surface area (Å²) in [7, 11) is 0. The largest absolute Gasteiger partial charge is 0.144 e. The molecule has 2 heterocycles. The molecule has 0 fully saturated rings. The van der Waals surface area contributed by atoms with Crippen LogP contribution in [0.3, 0.4) is 0 Å². The van der Waals surface area contributed by atoms with Gasteiger partial charge in [-0.15, -0.1) is 22.7 Å². The summed E-state index contributed by atoms with van der Waals surface area (Å²) in [6, 6.07) is 27.9. The van der Waals surface area contributed by atoms with Gasteiger partial charge < -0.3 is 0 Å². The second-order valence-electron chi connectivity index (χ2n) is 9.54. The Morgan fingerprint density at radius 1 is 0.618 bits per heavy atom. The molecule has 2 heteroatoms. The molecule has 0 bridgehead atoms. The van der Waals surface area contributed by atoms with Crippen molar-refractivity contribution in [2.45, 2.75) is 51.9 Å². The predicted molar refractivity (Wildman–Crippen MR) is 155 cm³/mol. The highest BCUT2D eigenvalue weighted by Crippen LogP contribution is 2.39. The van der Waals surface area contributed by atoms with Gasteiger partial charge in [0, 0.05) is 14.3 Å². The van der Waals surface area contributed by atoms with Gasteiger partial charge in [-0.05, 0) is 98.1 Å². The van der Waals surface area contributed by atoms with Gasteiger partial charge in [0.2, 0.25) is 0 Å². The van der Waals surface area contributed by atoms with E-state index in [0.29, 0.717) is 0 Å². The molecule has 0 radical (unpaired) electrons. The summed E-state index contributed by atoms with van der Waals surface area (Å²) in [5.41, 5.74) is 2.83. The molecule has 0 aliphatic heterocycles. The van der Waals surface area contributed by atoms with Crippen molar-refractivity contribution in [1.82, 2.24) is 0 Å². The van der Waals surface area contributed by atoms with Crippen molar-refractivity contribution in [2.75, 3.05) is 0 Å². The Labute approximate surface area is 209 Å². The Morgan fingerprint density at radius 2 is 1.38 bits per heavy atom. The van der Waals surface area contributed by atoms with Crippen molar-refractivity contribution in [3.8, 4) is 10.4 Å². The van der Waals surface area contributed by atoms with Crippen molar-refractivity contribution >= 4 is 64.4 Å². The number of rotatable bonds is 8. The van der Waals surface area contributed by atoms with E-state index in [1.165, 1.54) is 103 Å². The molecule has 0 saturated carbocycles. The molecule has 0 atom stereocenters. The number of unbranched alkanes of at least 4 members (excludes halogenated alkanes) is 5. The van der Waals surface area contributed by atoms with Crippen LogP contribution in [0.4, 0.5) is 0 Å². The summed E-state index contributed by atoms with van der Waals surface area (Å²) in [6.07, 6.45) is 9.31. The molecule has 6 rings (SSSR count). The maximum Gasteiger partial charge on any atom is 0.0355 e. The van der Waals surface area contributed by atoms with E-state index >= 15 is 0 Å². The van der Waals surface area contributed by atoms with Crippen LogP contribution in [0, 0.1) is 0 Å². The number of hydrogen-bond acceptors (Lipinski definition) is 2. The van der Waals surface area contributed by atoms with Gasteiger partial charge in [0.05, 0.1) is 0 Å². The van der Waals surface area contributed by atoms with Gasteiger partial charge >= 0.3 is 0 Å². The van der Waals surface area contributed by atoms with Gasteiger partial charge in [-0.3, -0.25) is 0 Å². The number of thiophene rings is 2. The fourth-order valence-electron chi connectivity index (χ4n) is 5.19. The standard InChI is InChI=1S/C32H30S2/c1-2-3-4-5-6-7-9-22-10-8-11-25(16-22)31-19-27-18-24-13-12-23-17-26-14-15-33-30(26)20-28(23)29(24)21-32(27)34-31/h8,10-21H,2-7,9H2,1H3. The molecule has 0 nitrogen and oxygen atoms in total. The van der Waals surface area contributed by atoms with Crippen LogP contribution in [0.1, 0.15) is 51.0 Å². The molecule has 0 N–H and O–H groups in total. The lowest BCUT2D eigenvalue weighted by Crippen LogP contribution is -1.87. The molecular weight excluding hydrogens is 448 g/mol. The Bertz CT molecular complexity index is 1600. The Morgan fingerprint density at radius 3 is 2.24 bits per heavy atom. The predicted octanol–water partition coefficient (Wildman–Crippen LogP) is 11.0. The molecule has 0 amide bonds. The number of fused-ring (bicyclic) bond motifs is 5. The van der Waals surface area contributed by atoms with Crippen LogP contribution in [0.15, 0.2) is 78.2 Å². The van der Waals surface area contributed by atoms with E-state index in [0.717, 1.165) is 0 Å². The van der Waals surface area contributed by atoms with E-state index in [-0.39, 0.29) is 0 Å². The quantitative estimate of drug-likeness (QED) is 0.151. The lowest BCUT2D eigenvalue weighted by Gasteiger charge is -2.05. The van der Waals surface area contributed by atoms with E-state index in [9.17, 15) is 0 Å². The monoisotopic (exact) mass is 478 g/mol. The molecule has 0 saturated heterocycles. The van der Waals surface area contributed by atoms with Crippen molar-refractivity contribution < 1.29 is 0 Å². The first-order valence-corrected chi connectivity index (χ1v) is 14.3.